The third-order valence-electron chi connectivity index (χ3n) is 2.67. The first-order chi connectivity index (χ1) is 7.68. The van der Waals surface area contributed by atoms with Crippen molar-refractivity contribution in [3.63, 3.8) is 0 Å². The lowest BCUT2D eigenvalue weighted by Gasteiger charge is -2.03. The Labute approximate surface area is 101 Å². The second kappa shape index (κ2) is 11.3. The molecule has 0 saturated heterocycles. The maximum atomic E-state index is 10.7. The third kappa shape index (κ3) is 10.3. The Balaban J connectivity index is 3.10. The maximum Gasteiger partial charge on any atom is 0.205 e. The van der Waals surface area contributed by atoms with Gasteiger partial charge in [-0.3, -0.25) is 9.00 Å². The first-order valence-corrected chi connectivity index (χ1v) is 7.38. The largest absolute Gasteiger partial charge is 0.766 e. The van der Waals surface area contributed by atoms with Gasteiger partial charge in [0.2, 0.25) is 5.12 Å². The number of hydrogen-bond acceptors (Lipinski definition) is 3. The number of carbonyl (C=O) groups excluding carboxylic acids is 1. The topological polar surface area (TPSA) is 57.2 Å². The van der Waals surface area contributed by atoms with Gasteiger partial charge in [0.05, 0.1) is 0 Å². The van der Waals surface area contributed by atoms with E-state index in [1.165, 1.54) is 38.5 Å². The predicted molar refractivity (Wildman–Crippen MR) is 65.8 cm³/mol. The summed E-state index contributed by atoms with van der Waals surface area (Å²) < 4.78 is 20.4. The third-order valence-corrected chi connectivity index (χ3v) is 3.25. The van der Waals surface area contributed by atoms with E-state index in [1.807, 2.05) is 0 Å². The van der Waals surface area contributed by atoms with Gasteiger partial charge in [-0.2, -0.15) is 0 Å². The van der Waals surface area contributed by atoms with Gasteiger partial charge >= 0.3 is 0 Å². The summed E-state index contributed by atoms with van der Waals surface area (Å²) in [5.41, 5.74) is 0. The minimum absolute atomic E-state index is 0.186. The fourth-order valence-corrected chi connectivity index (χ4v) is 1.97. The van der Waals surface area contributed by atoms with Crippen LogP contribution >= 0.6 is 0 Å². The van der Waals surface area contributed by atoms with E-state index in [-0.39, 0.29) is 6.42 Å². The summed E-state index contributed by atoms with van der Waals surface area (Å²) >= 11 is -2.51. The van der Waals surface area contributed by atoms with Crippen LogP contribution in [-0.4, -0.2) is 13.9 Å². The molecule has 0 fully saturated rings. The molecule has 0 heterocycles. The van der Waals surface area contributed by atoms with Crippen LogP contribution in [0.3, 0.4) is 0 Å². The quantitative estimate of drug-likeness (QED) is 0.439. The van der Waals surface area contributed by atoms with Crippen molar-refractivity contribution in [1.82, 2.24) is 0 Å². The van der Waals surface area contributed by atoms with Crippen LogP contribution in [0.2, 0.25) is 0 Å². The van der Waals surface area contributed by atoms with Crippen LogP contribution in [0.5, 0.6) is 0 Å². The number of unbranched alkanes of at least 4 members (excludes halogenated alkanes) is 8. The summed E-state index contributed by atoms with van der Waals surface area (Å²) in [6.45, 7) is 2.21. The van der Waals surface area contributed by atoms with Crippen molar-refractivity contribution >= 4 is 16.2 Å². The van der Waals surface area contributed by atoms with E-state index >= 15 is 0 Å². The minimum Gasteiger partial charge on any atom is -0.766 e. The van der Waals surface area contributed by atoms with Crippen molar-refractivity contribution in [3.05, 3.63) is 0 Å². The summed E-state index contributed by atoms with van der Waals surface area (Å²) in [6.07, 6.45) is 10.7. The van der Waals surface area contributed by atoms with Crippen LogP contribution < -0.4 is 0 Å². The van der Waals surface area contributed by atoms with Crippen molar-refractivity contribution in [2.24, 2.45) is 0 Å². The van der Waals surface area contributed by atoms with Gasteiger partial charge in [-0.25, -0.2) is 0 Å². The fraction of sp³-hybridized carbons (Fsp3) is 0.917. The number of hydrogen-bond donors (Lipinski definition) is 0. The maximum absolute atomic E-state index is 10.7. The molecule has 0 radical (unpaired) electrons. The molecule has 0 aromatic rings. The lowest BCUT2D eigenvalue weighted by atomic mass is 10.1. The second-order valence-electron chi connectivity index (χ2n) is 4.19. The SMILES string of the molecule is CCCCCCCCCCCC(=O)S(=O)[O-]. The van der Waals surface area contributed by atoms with Gasteiger partial charge in [0.15, 0.2) is 0 Å². The Morgan fingerprint density at radius 3 is 1.81 bits per heavy atom. The standard InChI is InChI=1S/C12H24O3S/c1-2-3-4-5-6-7-8-9-10-11-12(13)16(14)15/h2-11H2,1H3,(H,14,15)/p-1. The summed E-state index contributed by atoms with van der Waals surface area (Å²) in [5.74, 6) is 0. The fourth-order valence-electron chi connectivity index (χ4n) is 1.66. The molecule has 0 amide bonds. The minimum atomic E-state index is -2.51. The summed E-state index contributed by atoms with van der Waals surface area (Å²) in [6, 6.07) is 0. The van der Waals surface area contributed by atoms with E-state index in [2.05, 4.69) is 6.92 Å². The average molecular weight is 247 g/mol. The van der Waals surface area contributed by atoms with Crippen LogP contribution in [0.15, 0.2) is 0 Å². The highest BCUT2D eigenvalue weighted by molar-refractivity contribution is 7.95. The molecule has 16 heavy (non-hydrogen) atoms. The molecule has 0 spiro atoms. The molecule has 0 aliphatic heterocycles. The van der Waals surface area contributed by atoms with Crippen LogP contribution in [0.4, 0.5) is 0 Å². The van der Waals surface area contributed by atoms with Gasteiger partial charge in [-0.1, -0.05) is 58.3 Å². The van der Waals surface area contributed by atoms with Gasteiger partial charge < -0.3 is 4.55 Å². The monoisotopic (exact) mass is 247 g/mol. The highest BCUT2D eigenvalue weighted by Gasteiger charge is 2.00. The Kier molecular flexibility index (Phi) is 11.1. The van der Waals surface area contributed by atoms with Gasteiger partial charge in [-0.15, -0.1) is 0 Å². The van der Waals surface area contributed by atoms with E-state index in [0.29, 0.717) is 6.42 Å². The molecule has 1 atom stereocenters. The van der Waals surface area contributed by atoms with Crippen molar-refractivity contribution in [3.8, 4) is 0 Å². The van der Waals surface area contributed by atoms with E-state index in [9.17, 15) is 13.6 Å². The first kappa shape index (κ1) is 15.8. The average Bonchev–Trinajstić information content (AvgIpc) is 2.26. The Morgan fingerprint density at radius 2 is 1.38 bits per heavy atom. The molecule has 0 bridgehead atoms. The molecule has 0 aliphatic rings. The normalized spacial score (nSPS) is 12.6. The Bertz CT molecular complexity index is 204. The Morgan fingerprint density at radius 1 is 0.938 bits per heavy atom. The molecular weight excluding hydrogens is 224 g/mol. The van der Waals surface area contributed by atoms with Crippen LogP contribution in [0, 0.1) is 0 Å². The molecule has 0 rings (SSSR count). The van der Waals surface area contributed by atoms with Gasteiger partial charge in [0.1, 0.15) is 0 Å². The van der Waals surface area contributed by atoms with Crippen molar-refractivity contribution in [2.75, 3.05) is 0 Å². The van der Waals surface area contributed by atoms with Gasteiger partial charge in [-0.05, 0) is 6.42 Å². The van der Waals surface area contributed by atoms with Crippen LogP contribution in [-0.2, 0) is 15.9 Å². The zero-order valence-corrected chi connectivity index (χ0v) is 11.0. The smallest absolute Gasteiger partial charge is 0.205 e. The van der Waals surface area contributed by atoms with E-state index in [0.717, 1.165) is 12.8 Å². The number of rotatable bonds is 10. The molecule has 3 nitrogen and oxygen atoms in total. The van der Waals surface area contributed by atoms with Gasteiger partial charge in [0, 0.05) is 17.5 Å². The highest BCUT2D eigenvalue weighted by Crippen LogP contribution is 2.10. The molecule has 1 unspecified atom stereocenters. The van der Waals surface area contributed by atoms with E-state index in [4.69, 9.17) is 0 Å². The summed E-state index contributed by atoms with van der Waals surface area (Å²) in [4.78, 5) is 10.7. The molecule has 96 valence electrons. The zero-order chi connectivity index (χ0) is 12.2. The molecule has 0 N–H and O–H groups in total. The van der Waals surface area contributed by atoms with E-state index in [1.54, 1.807) is 0 Å². The molecule has 4 heteroatoms. The molecule has 0 saturated carbocycles. The zero-order valence-electron chi connectivity index (χ0n) is 10.2. The molecule has 0 aromatic heterocycles. The number of carbonyl (C=O) groups is 1. The van der Waals surface area contributed by atoms with E-state index < -0.39 is 16.2 Å². The second-order valence-corrected chi connectivity index (χ2v) is 5.11. The highest BCUT2D eigenvalue weighted by atomic mass is 32.2. The van der Waals surface area contributed by atoms with Crippen molar-refractivity contribution in [2.45, 2.75) is 71.1 Å². The van der Waals surface area contributed by atoms with Crippen LogP contribution in [0.1, 0.15) is 71.1 Å². The van der Waals surface area contributed by atoms with Crippen LogP contribution in [0.25, 0.3) is 0 Å². The molecular formula is C12H23O3S-. The first-order valence-electron chi connectivity index (χ1n) is 6.30. The predicted octanol–water partition coefficient (Wildman–Crippen LogP) is 3.31. The summed E-state index contributed by atoms with van der Waals surface area (Å²) in [7, 11) is 0. The van der Waals surface area contributed by atoms with Crippen molar-refractivity contribution in [1.29, 1.82) is 0 Å². The van der Waals surface area contributed by atoms with Gasteiger partial charge in [0.25, 0.3) is 0 Å². The summed E-state index contributed by atoms with van der Waals surface area (Å²) in [5, 5.41) is -0.650. The van der Waals surface area contributed by atoms with Crippen molar-refractivity contribution < 1.29 is 13.6 Å². The Hall–Kier alpha value is -0.220. The lowest BCUT2D eigenvalue weighted by Crippen LogP contribution is -2.05. The lowest BCUT2D eigenvalue weighted by molar-refractivity contribution is -0.112. The molecule has 0 aromatic carbocycles. The molecule has 0 aliphatic carbocycles.